The first-order valence-electron chi connectivity index (χ1n) is 9.65. The van der Waals surface area contributed by atoms with Crippen LogP contribution in [0.2, 0.25) is 0 Å². The van der Waals surface area contributed by atoms with E-state index in [2.05, 4.69) is 21.2 Å². The van der Waals surface area contributed by atoms with Crippen molar-refractivity contribution < 1.29 is 14.4 Å². The number of rotatable bonds is 5. The first-order chi connectivity index (χ1) is 13.0. The SMILES string of the molecule is CCCC(=O)N[C@@H]1CCCN(C(=O)[C@H]2CCN(c3ccccc3Br)C2=O)C1. The Bertz CT molecular complexity index is 724. The lowest BCUT2D eigenvalue weighted by Gasteiger charge is -2.34. The molecule has 0 unspecified atom stereocenters. The summed E-state index contributed by atoms with van der Waals surface area (Å²) in [6, 6.07) is 7.55. The lowest BCUT2D eigenvalue weighted by Crippen LogP contribution is -2.51. The van der Waals surface area contributed by atoms with E-state index in [-0.39, 0.29) is 23.8 Å². The molecule has 1 aromatic rings. The van der Waals surface area contributed by atoms with Crippen molar-refractivity contribution in [2.45, 2.75) is 45.1 Å². The van der Waals surface area contributed by atoms with Crippen LogP contribution in [0.15, 0.2) is 28.7 Å². The quantitative estimate of drug-likeness (QED) is 0.722. The third-order valence-corrected chi connectivity index (χ3v) is 5.89. The first kappa shape index (κ1) is 19.9. The monoisotopic (exact) mass is 435 g/mol. The maximum atomic E-state index is 13.0. The Morgan fingerprint density at radius 3 is 2.74 bits per heavy atom. The number of amides is 3. The molecule has 2 aliphatic heterocycles. The number of likely N-dealkylation sites (tertiary alicyclic amines) is 1. The number of nitrogens with one attached hydrogen (secondary N) is 1. The van der Waals surface area contributed by atoms with Crippen molar-refractivity contribution in [2.75, 3.05) is 24.5 Å². The molecule has 0 aromatic heterocycles. The molecule has 0 radical (unpaired) electrons. The second kappa shape index (κ2) is 8.87. The number of piperidine rings is 1. The number of para-hydroxylation sites is 1. The Kier molecular flexibility index (Phi) is 6.52. The molecule has 2 heterocycles. The maximum Gasteiger partial charge on any atom is 0.239 e. The van der Waals surface area contributed by atoms with Gasteiger partial charge in [-0.25, -0.2) is 0 Å². The highest BCUT2D eigenvalue weighted by Gasteiger charge is 2.41. The zero-order chi connectivity index (χ0) is 19.4. The van der Waals surface area contributed by atoms with Crippen molar-refractivity contribution in [1.82, 2.24) is 10.2 Å². The van der Waals surface area contributed by atoms with Gasteiger partial charge in [-0.15, -0.1) is 0 Å². The molecule has 1 aromatic carbocycles. The van der Waals surface area contributed by atoms with E-state index in [1.165, 1.54) is 0 Å². The van der Waals surface area contributed by atoms with E-state index in [0.717, 1.165) is 29.4 Å². The summed E-state index contributed by atoms with van der Waals surface area (Å²) < 4.78 is 0.850. The second-order valence-corrected chi connectivity index (χ2v) is 8.08. The van der Waals surface area contributed by atoms with Crippen molar-refractivity contribution in [1.29, 1.82) is 0 Å². The Balaban J connectivity index is 1.63. The van der Waals surface area contributed by atoms with Gasteiger partial charge in [-0.05, 0) is 53.7 Å². The molecular formula is C20H26BrN3O3. The summed E-state index contributed by atoms with van der Waals surface area (Å²) in [5.74, 6) is -0.830. The largest absolute Gasteiger partial charge is 0.352 e. The minimum atomic E-state index is -0.623. The molecule has 0 aliphatic carbocycles. The van der Waals surface area contributed by atoms with Crippen molar-refractivity contribution >= 4 is 39.3 Å². The topological polar surface area (TPSA) is 69.7 Å². The van der Waals surface area contributed by atoms with E-state index in [1.807, 2.05) is 31.2 Å². The van der Waals surface area contributed by atoms with Crippen LogP contribution in [0.3, 0.4) is 0 Å². The summed E-state index contributed by atoms with van der Waals surface area (Å²) in [6.07, 6.45) is 3.57. The van der Waals surface area contributed by atoms with Gasteiger partial charge in [0.05, 0.1) is 5.69 Å². The van der Waals surface area contributed by atoms with Crippen molar-refractivity contribution in [2.24, 2.45) is 5.92 Å². The standard InChI is InChI=1S/C20H26BrN3O3/c1-2-6-18(25)22-14-7-5-11-23(13-14)19(26)15-10-12-24(20(15)27)17-9-4-3-8-16(17)21/h3-4,8-9,14-15H,2,5-7,10-13H2,1H3,(H,22,25)/t14-,15-/m1/s1. The number of carbonyl (C=O) groups excluding carboxylic acids is 3. The van der Waals surface area contributed by atoms with E-state index < -0.39 is 5.92 Å². The Labute approximate surface area is 168 Å². The summed E-state index contributed by atoms with van der Waals surface area (Å²) in [6.45, 7) is 3.66. The summed E-state index contributed by atoms with van der Waals surface area (Å²) in [7, 11) is 0. The summed E-state index contributed by atoms with van der Waals surface area (Å²) in [5.41, 5.74) is 0.807. The number of hydrogen-bond acceptors (Lipinski definition) is 3. The summed E-state index contributed by atoms with van der Waals surface area (Å²) in [5, 5.41) is 3.01. The van der Waals surface area contributed by atoms with Gasteiger partial charge in [-0.3, -0.25) is 14.4 Å². The average Bonchev–Trinajstić information content (AvgIpc) is 3.03. The van der Waals surface area contributed by atoms with Gasteiger partial charge in [0.1, 0.15) is 5.92 Å². The molecule has 0 spiro atoms. The molecule has 2 saturated heterocycles. The predicted molar refractivity (Wildman–Crippen MR) is 107 cm³/mol. The fourth-order valence-corrected chi connectivity index (χ4v) is 4.36. The molecule has 27 heavy (non-hydrogen) atoms. The molecule has 2 fully saturated rings. The van der Waals surface area contributed by atoms with Crippen LogP contribution in [0.25, 0.3) is 0 Å². The van der Waals surface area contributed by atoms with E-state index in [1.54, 1.807) is 9.80 Å². The lowest BCUT2D eigenvalue weighted by molar-refractivity contribution is -0.141. The van der Waals surface area contributed by atoms with Crippen LogP contribution in [0.5, 0.6) is 0 Å². The highest BCUT2D eigenvalue weighted by Crippen LogP contribution is 2.32. The number of carbonyl (C=O) groups is 3. The number of halogens is 1. The predicted octanol–water partition coefficient (Wildman–Crippen LogP) is 2.71. The summed E-state index contributed by atoms with van der Waals surface area (Å²) >= 11 is 3.48. The minimum absolute atomic E-state index is 0.0161. The molecular weight excluding hydrogens is 410 g/mol. The van der Waals surface area contributed by atoms with E-state index >= 15 is 0 Å². The third-order valence-electron chi connectivity index (χ3n) is 5.22. The van der Waals surface area contributed by atoms with Gasteiger partial charge in [0.2, 0.25) is 17.7 Å². The van der Waals surface area contributed by atoms with Gasteiger partial charge in [0.25, 0.3) is 0 Å². The van der Waals surface area contributed by atoms with Gasteiger partial charge >= 0.3 is 0 Å². The van der Waals surface area contributed by atoms with E-state index in [9.17, 15) is 14.4 Å². The van der Waals surface area contributed by atoms with E-state index in [0.29, 0.717) is 32.5 Å². The number of anilines is 1. The molecule has 146 valence electrons. The van der Waals surface area contributed by atoms with Crippen LogP contribution in [-0.4, -0.2) is 48.3 Å². The smallest absolute Gasteiger partial charge is 0.239 e. The Hall–Kier alpha value is -1.89. The van der Waals surface area contributed by atoms with Crippen molar-refractivity contribution in [3.05, 3.63) is 28.7 Å². The normalized spacial score (nSPS) is 22.8. The number of nitrogens with zero attached hydrogens (tertiary/aromatic N) is 2. The second-order valence-electron chi connectivity index (χ2n) is 7.22. The summed E-state index contributed by atoms with van der Waals surface area (Å²) in [4.78, 5) is 41.2. The van der Waals surface area contributed by atoms with Crippen LogP contribution in [0.1, 0.15) is 39.0 Å². The fourth-order valence-electron chi connectivity index (χ4n) is 3.86. The molecule has 3 rings (SSSR count). The van der Waals surface area contributed by atoms with Crippen LogP contribution in [-0.2, 0) is 14.4 Å². The zero-order valence-corrected chi connectivity index (χ0v) is 17.2. The molecule has 6 nitrogen and oxygen atoms in total. The molecule has 0 saturated carbocycles. The molecule has 7 heteroatoms. The van der Waals surface area contributed by atoms with Gasteiger partial charge in [-0.1, -0.05) is 19.1 Å². The zero-order valence-electron chi connectivity index (χ0n) is 15.6. The van der Waals surface area contributed by atoms with E-state index in [4.69, 9.17) is 0 Å². The third kappa shape index (κ3) is 4.51. The number of benzene rings is 1. The van der Waals surface area contributed by atoms with Crippen LogP contribution >= 0.6 is 15.9 Å². The molecule has 2 atom stereocenters. The van der Waals surface area contributed by atoms with Crippen molar-refractivity contribution in [3.8, 4) is 0 Å². The van der Waals surface area contributed by atoms with Crippen LogP contribution < -0.4 is 10.2 Å². The Morgan fingerprint density at radius 2 is 2.00 bits per heavy atom. The number of hydrogen-bond donors (Lipinski definition) is 1. The first-order valence-corrected chi connectivity index (χ1v) is 10.4. The molecule has 3 amide bonds. The highest BCUT2D eigenvalue weighted by atomic mass is 79.9. The minimum Gasteiger partial charge on any atom is -0.352 e. The molecule has 2 aliphatic rings. The molecule has 0 bridgehead atoms. The Morgan fingerprint density at radius 1 is 1.22 bits per heavy atom. The molecule has 1 N–H and O–H groups in total. The van der Waals surface area contributed by atoms with Gasteiger partial charge in [-0.2, -0.15) is 0 Å². The van der Waals surface area contributed by atoms with Crippen LogP contribution in [0, 0.1) is 5.92 Å². The maximum absolute atomic E-state index is 13.0. The van der Waals surface area contributed by atoms with Crippen molar-refractivity contribution in [3.63, 3.8) is 0 Å². The van der Waals surface area contributed by atoms with Gasteiger partial charge < -0.3 is 15.1 Å². The fraction of sp³-hybridized carbons (Fsp3) is 0.550. The van der Waals surface area contributed by atoms with Crippen LogP contribution in [0.4, 0.5) is 5.69 Å². The average molecular weight is 436 g/mol. The van der Waals surface area contributed by atoms with Gasteiger partial charge in [0.15, 0.2) is 0 Å². The van der Waals surface area contributed by atoms with Gasteiger partial charge in [0, 0.05) is 36.6 Å². The lowest BCUT2D eigenvalue weighted by atomic mass is 10.0. The highest BCUT2D eigenvalue weighted by molar-refractivity contribution is 9.10.